The number of rotatable bonds is 2. The molecule has 0 spiro atoms. The highest BCUT2D eigenvalue weighted by atomic mass is 16.3. The maximum atomic E-state index is 11.8. The van der Waals surface area contributed by atoms with Crippen molar-refractivity contribution in [3.63, 3.8) is 0 Å². The van der Waals surface area contributed by atoms with E-state index in [4.69, 9.17) is 10.2 Å². The monoisotopic (exact) mass is 194 g/mol. The average Bonchev–Trinajstić information content (AvgIpc) is 2.49. The standard InChI is InChI=1S/C10H14N2O2/c1-7-2-3-14-9(7)10(13)12-5-8(4-11)6-12/h2-3,8H,4-6,11H2,1H3. The summed E-state index contributed by atoms with van der Waals surface area (Å²) in [7, 11) is 0. The maximum Gasteiger partial charge on any atom is 0.289 e. The SMILES string of the molecule is Cc1ccoc1C(=O)N1CC(CN)C1. The van der Waals surface area contributed by atoms with E-state index in [0.717, 1.165) is 18.7 Å². The van der Waals surface area contributed by atoms with Gasteiger partial charge in [0.2, 0.25) is 0 Å². The van der Waals surface area contributed by atoms with Crippen molar-refractivity contribution in [2.45, 2.75) is 6.92 Å². The Balaban J connectivity index is 2.01. The summed E-state index contributed by atoms with van der Waals surface area (Å²) < 4.78 is 5.13. The van der Waals surface area contributed by atoms with E-state index in [-0.39, 0.29) is 5.91 Å². The van der Waals surface area contributed by atoms with Crippen molar-refractivity contribution in [2.24, 2.45) is 11.7 Å². The predicted octanol–water partition coefficient (Wildman–Crippen LogP) is 0.619. The van der Waals surface area contributed by atoms with Crippen LogP contribution in [0.3, 0.4) is 0 Å². The molecule has 0 aromatic carbocycles. The molecule has 14 heavy (non-hydrogen) atoms. The Labute approximate surface area is 82.7 Å². The van der Waals surface area contributed by atoms with Gasteiger partial charge in [-0.1, -0.05) is 0 Å². The number of carbonyl (C=O) groups excluding carboxylic acids is 1. The van der Waals surface area contributed by atoms with Crippen LogP contribution < -0.4 is 5.73 Å². The predicted molar refractivity (Wildman–Crippen MR) is 51.9 cm³/mol. The second kappa shape index (κ2) is 3.46. The van der Waals surface area contributed by atoms with E-state index in [1.807, 2.05) is 6.92 Å². The second-order valence-electron chi connectivity index (χ2n) is 3.74. The van der Waals surface area contributed by atoms with Crippen molar-refractivity contribution < 1.29 is 9.21 Å². The third-order valence-electron chi connectivity index (χ3n) is 2.63. The molecule has 0 saturated carbocycles. The highest BCUT2D eigenvalue weighted by Gasteiger charge is 2.31. The van der Waals surface area contributed by atoms with Crippen molar-refractivity contribution in [2.75, 3.05) is 19.6 Å². The first kappa shape index (κ1) is 9.27. The van der Waals surface area contributed by atoms with Gasteiger partial charge in [-0.25, -0.2) is 0 Å². The largest absolute Gasteiger partial charge is 0.459 e. The van der Waals surface area contributed by atoms with Gasteiger partial charge in [0.25, 0.3) is 5.91 Å². The molecule has 76 valence electrons. The molecule has 1 amide bonds. The number of hydrogen-bond acceptors (Lipinski definition) is 3. The first-order valence-corrected chi connectivity index (χ1v) is 4.76. The topological polar surface area (TPSA) is 59.5 Å². The van der Waals surface area contributed by atoms with Gasteiger partial charge in [-0.05, 0) is 19.5 Å². The number of amides is 1. The molecule has 2 heterocycles. The third-order valence-corrected chi connectivity index (χ3v) is 2.63. The van der Waals surface area contributed by atoms with E-state index < -0.39 is 0 Å². The van der Waals surface area contributed by atoms with Crippen LogP contribution in [0.25, 0.3) is 0 Å². The molecule has 4 nitrogen and oxygen atoms in total. The number of nitrogens with zero attached hydrogens (tertiary/aromatic N) is 1. The second-order valence-corrected chi connectivity index (χ2v) is 3.74. The lowest BCUT2D eigenvalue weighted by molar-refractivity contribution is 0.0482. The maximum absolute atomic E-state index is 11.8. The molecule has 0 atom stereocenters. The molecule has 0 radical (unpaired) electrons. The van der Waals surface area contributed by atoms with Gasteiger partial charge >= 0.3 is 0 Å². The fourth-order valence-electron chi connectivity index (χ4n) is 1.62. The molecular formula is C10H14N2O2. The van der Waals surface area contributed by atoms with Crippen LogP contribution in [0, 0.1) is 12.8 Å². The molecule has 2 rings (SSSR count). The van der Waals surface area contributed by atoms with Crippen molar-refractivity contribution in [3.8, 4) is 0 Å². The molecule has 4 heteroatoms. The Morgan fingerprint density at radius 3 is 2.93 bits per heavy atom. The van der Waals surface area contributed by atoms with Crippen LogP contribution in [-0.2, 0) is 0 Å². The smallest absolute Gasteiger partial charge is 0.289 e. The minimum absolute atomic E-state index is 0.0165. The minimum atomic E-state index is -0.0165. The van der Waals surface area contributed by atoms with Crippen LogP contribution >= 0.6 is 0 Å². The van der Waals surface area contributed by atoms with E-state index in [0.29, 0.717) is 18.2 Å². The van der Waals surface area contributed by atoms with E-state index in [2.05, 4.69) is 0 Å². The summed E-state index contributed by atoms with van der Waals surface area (Å²) in [4.78, 5) is 13.5. The first-order valence-electron chi connectivity index (χ1n) is 4.76. The molecule has 0 aliphatic carbocycles. The van der Waals surface area contributed by atoms with Crippen LogP contribution in [0.4, 0.5) is 0 Å². The molecule has 1 aliphatic heterocycles. The summed E-state index contributed by atoms with van der Waals surface area (Å²) in [5.41, 5.74) is 6.38. The van der Waals surface area contributed by atoms with Crippen molar-refractivity contribution in [1.82, 2.24) is 4.90 Å². The number of nitrogens with two attached hydrogens (primary N) is 1. The molecule has 1 aromatic rings. The fraction of sp³-hybridized carbons (Fsp3) is 0.500. The molecular weight excluding hydrogens is 180 g/mol. The van der Waals surface area contributed by atoms with Crippen LogP contribution in [0.15, 0.2) is 16.7 Å². The Hall–Kier alpha value is -1.29. The van der Waals surface area contributed by atoms with Crippen LogP contribution in [0.2, 0.25) is 0 Å². The Kier molecular flexibility index (Phi) is 2.29. The lowest BCUT2D eigenvalue weighted by Gasteiger charge is -2.38. The van der Waals surface area contributed by atoms with Gasteiger partial charge in [0, 0.05) is 24.6 Å². The van der Waals surface area contributed by atoms with Crippen LogP contribution in [-0.4, -0.2) is 30.4 Å². The Morgan fingerprint density at radius 1 is 1.71 bits per heavy atom. The van der Waals surface area contributed by atoms with Gasteiger partial charge in [0.15, 0.2) is 5.76 Å². The summed E-state index contributed by atoms with van der Waals surface area (Å²) in [6.45, 7) is 4.04. The number of likely N-dealkylation sites (tertiary alicyclic amines) is 1. The number of aryl methyl sites for hydroxylation is 1. The number of carbonyl (C=O) groups is 1. The van der Waals surface area contributed by atoms with Crippen molar-refractivity contribution in [3.05, 3.63) is 23.7 Å². The fourth-order valence-corrected chi connectivity index (χ4v) is 1.62. The molecule has 1 aliphatic rings. The Bertz CT molecular complexity index is 340. The van der Waals surface area contributed by atoms with Crippen LogP contribution in [0.5, 0.6) is 0 Å². The van der Waals surface area contributed by atoms with Gasteiger partial charge in [-0.2, -0.15) is 0 Å². The Morgan fingerprint density at radius 2 is 2.43 bits per heavy atom. The quantitative estimate of drug-likeness (QED) is 0.750. The zero-order valence-corrected chi connectivity index (χ0v) is 8.19. The molecule has 0 bridgehead atoms. The summed E-state index contributed by atoms with van der Waals surface area (Å²) in [5, 5.41) is 0. The van der Waals surface area contributed by atoms with Gasteiger partial charge < -0.3 is 15.1 Å². The molecule has 1 fully saturated rings. The van der Waals surface area contributed by atoms with E-state index in [1.165, 1.54) is 0 Å². The van der Waals surface area contributed by atoms with E-state index in [9.17, 15) is 4.79 Å². The van der Waals surface area contributed by atoms with E-state index in [1.54, 1.807) is 17.2 Å². The minimum Gasteiger partial charge on any atom is -0.459 e. The van der Waals surface area contributed by atoms with Gasteiger partial charge in [-0.3, -0.25) is 4.79 Å². The normalized spacial score (nSPS) is 16.9. The number of hydrogen-bond donors (Lipinski definition) is 1. The molecule has 1 aromatic heterocycles. The molecule has 2 N–H and O–H groups in total. The zero-order chi connectivity index (χ0) is 10.1. The van der Waals surface area contributed by atoms with E-state index >= 15 is 0 Å². The van der Waals surface area contributed by atoms with Gasteiger partial charge in [-0.15, -0.1) is 0 Å². The lowest BCUT2D eigenvalue weighted by atomic mass is 10.00. The van der Waals surface area contributed by atoms with Crippen molar-refractivity contribution >= 4 is 5.91 Å². The van der Waals surface area contributed by atoms with Gasteiger partial charge in [0.1, 0.15) is 0 Å². The lowest BCUT2D eigenvalue weighted by Crippen LogP contribution is -2.52. The zero-order valence-electron chi connectivity index (χ0n) is 8.19. The summed E-state index contributed by atoms with van der Waals surface area (Å²) in [6, 6.07) is 1.80. The summed E-state index contributed by atoms with van der Waals surface area (Å²) >= 11 is 0. The highest BCUT2D eigenvalue weighted by molar-refractivity contribution is 5.93. The molecule has 1 saturated heterocycles. The summed E-state index contributed by atoms with van der Waals surface area (Å²) in [5.74, 6) is 0.909. The highest BCUT2D eigenvalue weighted by Crippen LogP contribution is 2.19. The first-order chi connectivity index (χ1) is 6.72. The average molecular weight is 194 g/mol. The number of furan rings is 1. The van der Waals surface area contributed by atoms with Crippen molar-refractivity contribution in [1.29, 1.82) is 0 Å². The van der Waals surface area contributed by atoms with Gasteiger partial charge in [0.05, 0.1) is 6.26 Å². The molecule has 0 unspecified atom stereocenters. The summed E-state index contributed by atoms with van der Waals surface area (Å²) in [6.07, 6.45) is 1.54. The van der Waals surface area contributed by atoms with Crippen LogP contribution in [0.1, 0.15) is 16.1 Å². The third kappa shape index (κ3) is 1.42.